The van der Waals surface area contributed by atoms with Crippen LogP contribution in [0.15, 0.2) is 89.3 Å². The molecule has 0 amide bonds. The van der Waals surface area contributed by atoms with E-state index in [0.29, 0.717) is 11.4 Å². The average molecular weight is 304 g/mol. The lowest BCUT2D eigenvalue weighted by molar-refractivity contribution is -0.119. The second-order valence-corrected chi connectivity index (χ2v) is 5.65. The van der Waals surface area contributed by atoms with Crippen molar-refractivity contribution in [1.82, 2.24) is 5.32 Å². The minimum absolute atomic E-state index is 0.0799. The Labute approximate surface area is 134 Å². The molecule has 0 bridgehead atoms. The van der Waals surface area contributed by atoms with E-state index in [1.165, 1.54) is 6.08 Å². The van der Waals surface area contributed by atoms with Crippen LogP contribution in [-0.2, 0) is 4.79 Å². The van der Waals surface area contributed by atoms with Crippen LogP contribution < -0.4 is 15.8 Å². The van der Waals surface area contributed by atoms with Crippen LogP contribution in [0.2, 0.25) is 0 Å². The average Bonchev–Trinajstić information content (AvgIpc) is 2.58. The number of carbonyl (C=O) groups excluding carboxylic acids is 1. The Morgan fingerprint density at radius 3 is 2.74 bits per heavy atom. The van der Waals surface area contributed by atoms with Crippen LogP contribution in [0.3, 0.4) is 0 Å². The molecule has 2 aliphatic carbocycles. The second kappa shape index (κ2) is 5.32. The molecule has 23 heavy (non-hydrogen) atoms. The number of fused-ring (bicyclic) bond motifs is 1. The monoisotopic (exact) mass is 304 g/mol. The second-order valence-electron chi connectivity index (χ2n) is 5.65. The number of ether oxygens (including phenoxy) is 1. The lowest BCUT2D eigenvalue weighted by Crippen LogP contribution is -2.42. The third-order valence-corrected chi connectivity index (χ3v) is 4.10. The quantitative estimate of drug-likeness (QED) is 0.878. The number of rotatable bonds is 2. The van der Waals surface area contributed by atoms with Crippen molar-refractivity contribution >= 4 is 5.78 Å². The summed E-state index contributed by atoms with van der Waals surface area (Å²) in [6.45, 7) is 0. The van der Waals surface area contributed by atoms with Crippen molar-refractivity contribution in [3.8, 4) is 5.75 Å². The molecular weight excluding hydrogens is 288 g/mol. The number of nitrogens with two attached hydrogens (primary N) is 1. The molecule has 0 fully saturated rings. The highest BCUT2D eigenvalue weighted by Crippen LogP contribution is 2.31. The smallest absolute Gasteiger partial charge is 0.202 e. The molecule has 0 aromatic heterocycles. The molecule has 0 saturated carbocycles. The zero-order chi connectivity index (χ0) is 15.8. The molecule has 1 aromatic rings. The lowest BCUT2D eigenvalue weighted by Gasteiger charge is -2.33. The van der Waals surface area contributed by atoms with Gasteiger partial charge in [0.25, 0.3) is 0 Å². The van der Waals surface area contributed by atoms with Crippen molar-refractivity contribution in [2.24, 2.45) is 5.73 Å². The Morgan fingerprint density at radius 2 is 1.91 bits per heavy atom. The van der Waals surface area contributed by atoms with Crippen molar-refractivity contribution in [1.29, 1.82) is 0 Å². The third-order valence-electron chi connectivity index (χ3n) is 4.10. The van der Waals surface area contributed by atoms with Crippen LogP contribution in [0.1, 0.15) is 0 Å². The molecule has 2 unspecified atom stereocenters. The highest BCUT2D eigenvalue weighted by molar-refractivity contribution is 6.00. The van der Waals surface area contributed by atoms with Gasteiger partial charge in [-0.25, -0.2) is 0 Å². The largest absolute Gasteiger partial charge is 0.477 e. The topological polar surface area (TPSA) is 64.4 Å². The minimum atomic E-state index is -0.681. The predicted octanol–water partition coefficient (Wildman–Crippen LogP) is 2.14. The lowest BCUT2D eigenvalue weighted by atomic mass is 9.87. The fraction of sp³-hybridized carbons (Fsp3) is 0.105. The summed E-state index contributed by atoms with van der Waals surface area (Å²) in [4.78, 5) is 12.4. The van der Waals surface area contributed by atoms with Gasteiger partial charge in [-0.1, -0.05) is 42.5 Å². The van der Waals surface area contributed by atoms with Gasteiger partial charge in [-0.2, -0.15) is 0 Å². The van der Waals surface area contributed by atoms with E-state index in [4.69, 9.17) is 10.5 Å². The van der Waals surface area contributed by atoms with Gasteiger partial charge in [-0.15, -0.1) is 0 Å². The van der Waals surface area contributed by atoms with Crippen molar-refractivity contribution in [2.45, 2.75) is 12.1 Å². The first-order valence-corrected chi connectivity index (χ1v) is 7.52. The summed E-state index contributed by atoms with van der Waals surface area (Å²) in [5.41, 5.74) is 9.16. The molecule has 114 valence electrons. The van der Waals surface area contributed by atoms with Gasteiger partial charge in [0.15, 0.2) is 6.10 Å². The Bertz CT molecular complexity index is 813. The number of nitrogens with one attached hydrogen (secondary N) is 1. The van der Waals surface area contributed by atoms with E-state index in [0.717, 1.165) is 16.8 Å². The van der Waals surface area contributed by atoms with Gasteiger partial charge in [0.1, 0.15) is 5.75 Å². The molecule has 1 aliphatic heterocycles. The summed E-state index contributed by atoms with van der Waals surface area (Å²) in [5.74, 6) is 0.517. The van der Waals surface area contributed by atoms with Gasteiger partial charge < -0.3 is 15.8 Å². The maximum absolute atomic E-state index is 12.4. The normalized spacial score (nSPS) is 25.1. The van der Waals surface area contributed by atoms with Crippen LogP contribution in [0.25, 0.3) is 0 Å². The maximum atomic E-state index is 12.4. The molecule has 3 aliphatic rings. The number of hydrogen-bond acceptors (Lipinski definition) is 4. The summed E-state index contributed by atoms with van der Waals surface area (Å²) in [6.07, 6.45) is 10.8. The molecule has 1 heterocycles. The fourth-order valence-electron chi connectivity index (χ4n) is 2.98. The number of carbonyl (C=O) groups is 1. The van der Waals surface area contributed by atoms with Gasteiger partial charge in [-0.3, -0.25) is 4.79 Å². The standard InChI is InChI=1S/C19H16N2O2/c20-15-11-17(22)19(23-13-7-2-1-3-8-13)14-10-12-6-4-5-9-16(12)21-18(14)15/h1-11,16,19,21H,20H2. The van der Waals surface area contributed by atoms with Gasteiger partial charge in [0, 0.05) is 11.6 Å². The number of benzene rings is 1. The highest BCUT2D eigenvalue weighted by atomic mass is 16.5. The van der Waals surface area contributed by atoms with Crippen LogP contribution in [-0.4, -0.2) is 17.9 Å². The summed E-state index contributed by atoms with van der Waals surface area (Å²) < 4.78 is 5.93. The molecule has 4 heteroatoms. The van der Waals surface area contributed by atoms with Gasteiger partial charge in [0.05, 0.1) is 17.4 Å². The third kappa shape index (κ3) is 2.38. The van der Waals surface area contributed by atoms with Crippen molar-refractivity contribution in [3.63, 3.8) is 0 Å². The van der Waals surface area contributed by atoms with E-state index in [-0.39, 0.29) is 11.8 Å². The van der Waals surface area contributed by atoms with Crippen LogP contribution in [0, 0.1) is 0 Å². The van der Waals surface area contributed by atoms with Crippen molar-refractivity contribution in [3.05, 3.63) is 89.3 Å². The Hall–Kier alpha value is -3.01. The van der Waals surface area contributed by atoms with Gasteiger partial charge in [0.2, 0.25) is 5.78 Å². The zero-order valence-electron chi connectivity index (χ0n) is 12.4. The first kappa shape index (κ1) is 13.6. The van der Waals surface area contributed by atoms with Crippen molar-refractivity contribution < 1.29 is 9.53 Å². The van der Waals surface area contributed by atoms with E-state index in [9.17, 15) is 4.79 Å². The SMILES string of the molecule is NC1=CC(=O)C(Oc2ccccc2)C2=C1NC1C=CC=CC1=C2. The molecule has 2 atom stereocenters. The highest BCUT2D eigenvalue weighted by Gasteiger charge is 2.34. The summed E-state index contributed by atoms with van der Waals surface area (Å²) >= 11 is 0. The molecule has 0 saturated heterocycles. The molecule has 0 radical (unpaired) electrons. The van der Waals surface area contributed by atoms with Gasteiger partial charge >= 0.3 is 0 Å². The number of allylic oxidation sites excluding steroid dienone is 2. The molecule has 4 rings (SSSR count). The maximum Gasteiger partial charge on any atom is 0.202 e. The first-order chi connectivity index (χ1) is 11.2. The summed E-state index contributed by atoms with van der Waals surface area (Å²) in [5, 5.41) is 3.39. The Morgan fingerprint density at radius 1 is 1.09 bits per heavy atom. The van der Waals surface area contributed by atoms with Crippen LogP contribution in [0.4, 0.5) is 0 Å². The van der Waals surface area contributed by atoms with Crippen molar-refractivity contribution in [2.75, 3.05) is 0 Å². The van der Waals surface area contributed by atoms with Crippen LogP contribution >= 0.6 is 0 Å². The fourth-order valence-corrected chi connectivity index (χ4v) is 2.98. The number of ketones is 1. The Balaban J connectivity index is 1.74. The van der Waals surface area contributed by atoms with Crippen LogP contribution in [0.5, 0.6) is 5.75 Å². The van der Waals surface area contributed by atoms with E-state index in [1.54, 1.807) is 0 Å². The zero-order valence-corrected chi connectivity index (χ0v) is 12.4. The van der Waals surface area contributed by atoms with Gasteiger partial charge in [-0.05, 0) is 23.8 Å². The number of para-hydroxylation sites is 1. The Kier molecular flexibility index (Phi) is 3.15. The first-order valence-electron chi connectivity index (χ1n) is 7.52. The molecule has 4 nitrogen and oxygen atoms in total. The van der Waals surface area contributed by atoms with E-state index in [1.807, 2.05) is 54.6 Å². The number of hydrogen-bond donors (Lipinski definition) is 2. The molecule has 3 N–H and O–H groups in total. The molecular formula is C19H16N2O2. The van der Waals surface area contributed by atoms with E-state index < -0.39 is 6.10 Å². The summed E-state index contributed by atoms with van der Waals surface area (Å²) in [6, 6.07) is 9.42. The number of dihydropyridines is 1. The van der Waals surface area contributed by atoms with E-state index in [2.05, 4.69) is 11.4 Å². The summed E-state index contributed by atoms with van der Waals surface area (Å²) in [7, 11) is 0. The van der Waals surface area contributed by atoms with E-state index >= 15 is 0 Å². The molecule has 1 aromatic carbocycles. The minimum Gasteiger partial charge on any atom is -0.477 e. The molecule has 0 spiro atoms. The predicted molar refractivity (Wildman–Crippen MR) is 88.4 cm³/mol.